The fourth-order valence-electron chi connectivity index (χ4n) is 3.04. The number of nitrogens with zero attached hydrogens (tertiary/aromatic N) is 2. The van der Waals surface area contributed by atoms with Gasteiger partial charge in [-0.15, -0.1) is 11.3 Å². The zero-order chi connectivity index (χ0) is 17.3. The molecule has 4 nitrogen and oxygen atoms in total. The maximum atomic E-state index is 12.6. The van der Waals surface area contributed by atoms with E-state index in [4.69, 9.17) is 0 Å². The summed E-state index contributed by atoms with van der Waals surface area (Å²) in [7, 11) is 0. The van der Waals surface area contributed by atoms with E-state index in [-0.39, 0.29) is 5.91 Å². The van der Waals surface area contributed by atoms with E-state index < -0.39 is 0 Å². The molecule has 5 heteroatoms. The van der Waals surface area contributed by atoms with Crippen molar-refractivity contribution in [1.82, 2.24) is 9.55 Å². The fraction of sp³-hybridized carbons (Fsp3) is 0.263. The maximum Gasteiger partial charge on any atom is 0.259 e. The Kier molecular flexibility index (Phi) is 4.53. The molecule has 2 heterocycles. The Morgan fingerprint density at radius 1 is 1.21 bits per heavy atom. The van der Waals surface area contributed by atoms with Gasteiger partial charge in [-0.2, -0.15) is 0 Å². The molecular formula is C19H21N3OS. The van der Waals surface area contributed by atoms with Gasteiger partial charge in [0.15, 0.2) is 5.13 Å². The van der Waals surface area contributed by atoms with Gasteiger partial charge in [-0.3, -0.25) is 10.1 Å². The number of anilines is 1. The lowest BCUT2D eigenvalue weighted by molar-refractivity contribution is 0.102. The van der Waals surface area contributed by atoms with Gasteiger partial charge in [-0.05, 0) is 33.8 Å². The molecule has 24 heavy (non-hydrogen) atoms. The molecule has 0 aliphatic heterocycles. The van der Waals surface area contributed by atoms with Crippen LogP contribution in [-0.4, -0.2) is 15.5 Å². The smallest absolute Gasteiger partial charge is 0.259 e. The standard InChI is InChI=1S/C19H21N3OS/c1-12(2)22-13(3)10-16(14(22)4)18(23)21-19-20-17(11-24-19)15-8-6-5-7-9-15/h5-12H,1-4H3,(H,20,21,23). The van der Waals surface area contributed by atoms with Crippen LogP contribution < -0.4 is 5.32 Å². The second kappa shape index (κ2) is 6.61. The van der Waals surface area contributed by atoms with Gasteiger partial charge in [0.25, 0.3) is 5.91 Å². The molecule has 0 aliphatic rings. The van der Waals surface area contributed by atoms with E-state index in [1.807, 2.05) is 55.6 Å². The lowest BCUT2D eigenvalue weighted by atomic mass is 10.2. The van der Waals surface area contributed by atoms with Crippen LogP contribution in [0.2, 0.25) is 0 Å². The summed E-state index contributed by atoms with van der Waals surface area (Å²) in [5.41, 5.74) is 4.71. The van der Waals surface area contributed by atoms with Gasteiger partial charge in [0.1, 0.15) is 0 Å². The Morgan fingerprint density at radius 3 is 2.54 bits per heavy atom. The number of hydrogen-bond donors (Lipinski definition) is 1. The van der Waals surface area contributed by atoms with Crippen molar-refractivity contribution < 1.29 is 4.79 Å². The summed E-state index contributed by atoms with van der Waals surface area (Å²) in [5, 5.41) is 5.50. The Morgan fingerprint density at radius 2 is 1.92 bits per heavy atom. The molecule has 1 aromatic carbocycles. The summed E-state index contributed by atoms with van der Waals surface area (Å²) in [6.45, 7) is 8.25. The van der Waals surface area contributed by atoms with E-state index in [0.717, 1.165) is 22.6 Å². The monoisotopic (exact) mass is 339 g/mol. The predicted molar refractivity (Wildman–Crippen MR) is 99.8 cm³/mol. The van der Waals surface area contributed by atoms with Gasteiger partial charge in [0.2, 0.25) is 0 Å². The van der Waals surface area contributed by atoms with Gasteiger partial charge >= 0.3 is 0 Å². The van der Waals surface area contributed by atoms with Crippen LogP contribution in [0.25, 0.3) is 11.3 Å². The summed E-state index contributed by atoms with van der Waals surface area (Å²) in [6, 6.07) is 12.2. The van der Waals surface area contributed by atoms with E-state index >= 15 is 0 Å². The van der Waals surface area contributed by atoms with Crippen molar-refractivity contribution in [3.63, 3.8) is 0 Å². The lowest BCUT2D eigenvalue weighted by Gasteiger charge is -2.13. The Hall–Kier alpha value is -2.40. The number of nitrogens with one attached hydrogen (secondary N) is 1. The van der Waals surface area contributed by atoms with Gasteiger partial charge in [-0.1, -0.05) is 30.3 Å². The van der Waals surface area contributed by atoms with E-state index in [2.05, 4.69) is 28.7 Å². The van der Waals surface area contributed by atoms with Crippen LogP contribution >= 0.6 is 11.3 Å². The number of benzene rings is 1. The van der Waals surface area contributed by atoms with E-state index in [1.165, 1.54) is 11.3 Å². The van der Waals surface area contributed by atoms with Crippen LogP contribution in [0, 0.1) is 13.8 Å². The Bertz CT molecular complexity index is 862. The number of aryl methyl sites for hydroxylation is 1. The molecule has 0 aliphatic carbocycles. The normalized spacial score (nSPS) is 11.0. The first-order chi connectivity index (χ1) is 11.5. The van der Waals surface area contributed by atoms with Crippen LogP contribution in [0.4, 0.5) is 5.13 Å². The van der Waals surface area contributed by atoms with E-state index in [0.29, 0.717) is 16.7 Å². The first kappa shape index (κ1) is 16.5. The summed E-state index contributed by atoms with van der Waals surface area (Å²) in [5.74, 6) is -0.107. The highest BCUT2D eigenvalue weighted by molar-refractivity contribution is 7.14. The molecule has 0 atom stereocenters. The third-order valence-electron chi connectivity index (χ3n) is 4.04. The van der Waals surface area contributed by atoms with Crippen LogP contribution in [0.3, 0.4) is 0 Å². The van der Waals surface area contributed by atoms with Gasteiger partial charge in [0, 0.05) is 28.4 Å². The van der Waals surface area contributed by atoms with E-state index in [9.17, 15) is 4.79 Å². The molecule has 0 saturated carbocycles. The number of hydrogen-bond acceptors (Lipinski definition) is 3. The third kappa shape index (κ3) is 3.12. The topological polar surface area (TPSA) is 46.9 Å². The molecule has 3 aromatic rings. The highest BCUT2D eigenvalue weighted by atomic mass is 32.1. The zero-order valence-electron chi connectivity index (χ0n) is 14.3. The second-order valence-electron chi connectivity index (χ2n) is 6.11. The van der Waals surface area contributed by atoms with Gasteiger partial charge in [-0.25, -0.2) is 4.98 Å². The Balaban J connectivity index is 1.81. The van der Waals surface area contributed by atoms with Crippen LogP contribution in [-0.2, 0) is 0 Å². The van der Waals surface area contributed by atoms with Crippen molar-refractivity contribution in [2.24, 2.45) is 0 Å². The molecule has 0 unspecified atom stereocenters. The molecule has 1 amide bonds. The van der Waals surface area contributed by atoms with Crippen molar-refractivity contribution >= 4 is 22.4 Å². The number of aromatic nitrogens is 2. The van der Waals surface area contributed by atoms with Crippen molar-refractivity contribution in [3.05, 3.63) is 58.7 Å². The molecule has 3 rings (SSSR count). The average Bonchev–Trinajstić information content (AvgIpc) is 3.12. The SMILES string of the molecule is Cc1cc(C(=O)Nc2nc(-c3ccccc3)cs2)c(C)n1C(C)C. The fourth-order valence-corrected chi connectivity index (χ4v) is 3.75. The summed E-state index contributed by atoms with van der Waals surface area (Å²) >= 11 is 1.44. The van der Waals surface area contributed by atoms with Gasteiger partial charge < -0.3 is 4.57 Å². The number of thiazole rings is 1. The van der Waals surface area contributed by atoms with Crippen LogP contribution in [0.5, 0.6) is 0 Å². The first-order valence-electron chi connectivity index (χ1n) is 7.98. The van der Waals surface area contributed by atoms with Crippen molar-refractivity contribution in [1.29, 1.82) is 0 Å². The second-order valence-corrected chi connectivity index (χ2v) is 6.96. The maximum absolute atomic E-state index is 12.6. The number of amides is 1. The van der Waals surface area contributed by atoms with Gasteiger partial charge in [0.05, 0.1) is 11.3 Å². The molecule has 124 valence electrons. The first-order valence-corrected chi connectivity index (χ1v) is 8.86. The van der Waals surface area contributed by atoms with Crippen LogP contribution in [0.1, 0.15) is 41.6 Å². The van der Waals surface area contributed by atoms with Crippen LogP contribution in [0.15, 0.2) is 41.8 Å². The summed E-state index contributed by atoms with van der Waals surface area (Å²) < 4.78 is 2.17. The molecule has 0 saturated heterocycles. The highest BCUT2D eigenvalue weighted by Gasteiger charge is 2.18. The average molecular weight is 339 g/mol. The predicted octanol–water partition coefficient (Wildman–Crippen LogP) is 5.06. The molecule has 0 fully saturated rings. The lowest BCUT2D eigenvalue weighted by Crippen LogP contribution is -2.13. The highest BCUT2D eigenvalue weighted by Crippen LogP contribution is 2.26. The third-order valence-corrected chi connectivity index (χ3v) is 4.80. The quantitative estimate of drug-likeness (QED) is 0.722. The van der Waals surface area contributed by atoms with Crippen molar-refractivity contribution in [3.8, 4) is 11.3 Å². The summed E-state index contributed by atoms with van der Waals surface area (Å²) in [6.07, 6.45) is 0. The number of rotatable bonds is 4. The Labute approximate surface area is 146 Å². The zero-order valence-corrected chi connectivity index (χ0v) is 15.1. The van der Waals surface area contributed by atoms with Crippen molar-refractivity contribution in [2.45, 2.75) is 33.7 Å². The van der Waals surface area contributed by atoms with Crippen molar-refractivity contribution in [2.75, 3.05) is 5.32 Å². The minimum atomic E-state index is -0.107. The molecule has 0 bridgehead atoms. The number of carbonyl (C=O) groups excluding carboxylic acids is 1. The van der Waals surface area contributed by atoms with E-state index in [1.54, 1.807) is 0 Å². The largest absolute Gasteiger partial charge is 0.346 e. The minimum Gasteiger partial charge on any atom is -0.346 e. The molecule has 0 radical (unpaired) electrons. The molecule has 2 aromatic heterocycles. The molecular weight excluding hydrogens is 318 g/mol. The molecule has 1 N–H and O–H groups in total. The molecule has 0 spiro atoms. The number of carbonyl (C=O) groups is 1. The minimum absolute atomic E-state index is 0.107. The summed E-state index contributed by atoms with van der Waals surface area (Å²) in [4.78, 5) is 17.1.